The van der Waals surface area contributed by atoms with Crippen LogP contribution in [0.4, 0.5) is 5.95 Å². The average Bonchev–Trinajstić information content (AvgIpc) is 2.58. The van der Waals surface area contributed by atoms with Crippen LogP contribution in [0.2, 0.25) is 0 Å². The highest BCUT2D eigenvalue weighted by molar-refractivity contribution is 5.16. The second kappa shape index (κ2) is 4.18. The maximum absolute atomic E-state index is 5.81. The van der Waals surface area contributed by atoms with E-state index in [-0.39, 0.29) is 0 Å². The first kappa shape index (κ1) is 10.4. The van der Waals surface area contributed by atoms with Gasteiger partial charge in [-0.05, 0) is 32.6 Å². The molecule has 2 heterocycles. The second-order valence-electron chi connectivity index (χ2n) is 4.15. The molecule has 2 rings (SSSR count). The summed E-state index contributed by atoms with van der Waals surface area (Å²) < 4.78 is 7.18. The predicted octanol–water partition coefficient (Wildman–Crippen LogP) is 1.16. The van der Waals surface area contributed by atoms with Crippen LogP contribution in [0, 0.1) is 12.8 Å². The first-order valence-electron chi connectivity index (χ1n) is 5.45. The molecule has 15 heavy (non-hydrogen) atoms. The molecular formula is C10H18N4O. The van der Waals surface area contributed by atoms with Crippen molar-refractivity contribution in [3.05, 3.63) is 5.82 Å². The van der Waals surface area contributed by atoms with Gasteiger partial charge in [-0.15, -0.1) is 0 Å². The lowest BCUT2D eigenvalue weighted by Gasteiger charge is -2.27. The van der Waals surface area contributed by atoms with Crippen LogP contribution in [0.3, 0.4) is 0 Å². The van der Waals surface area contributed by atoms with Crippen molar-refractivity contribution in [1.82, 2.24) is 14.8 Å². The normalized spacial score (nSPS) is 20.4. The molecule has 1 aliphatic rings. The number of anilines is 1. The summed E-state index contributed by atoms with van der Waals surface area (Å²) in [6.07, 6.45) is 2.17. The van der Waals surface area contributed by atoms with E-state index < -0.39 is 0 Å². The van der Waals surface area contributed by atoms with Crippen molar-refractivity contribution in [2.24, 2.45) is 5.92 Å². The molecule has 0 amide bonds. The molecule has 5 heteroatoms. The summed E-state index contributed by atoms with van der Waals surface area (Å²) in [7, 11) is 0. The van der Waals surface area contributed by atoms with E-state index in [1.165, 1.54) is 0 Å². The number of nitrogens with zero attached hydrogens (tertiary/aromatic N) is 3. The largest absolute Gasteiger partial charge is 0.381 e. The van der Waals surface area contributed by atoms with Gasteiger partial charge in [0.1, 0.15) is 5.82 Å². The van der Waals surface area contributed by atoms with Gasteiger partial charge in [0.05, 0.1) is 6.04 Å². The van der Waals surface area contributed by atoms with E-state index in [1.54, 1.807) is 0 Å². The maximum Gasteiger partial charge on any atom is 0.218 e. The summed E-state index contributed by atoms with van der Waals surface area (Å²) in [5, 5.41) is 4.33. The minimum Gasteiger partial charge on any atom is -0.381 e. The third-order valence-electron chi connectivity index (χ3n) is 3.10. The van der Waals surface area contributed by atoms with Crippen LogP contribution in [0.1, 0.15) is 31.6 Å². The van der Waals surface area contributed by atoms with Gasteiger partial charge in [-0.2, -0.15) is 10.1 Å². The van der Waals surface area contributed by atoms with E-state index in [1.807, 2.05) is 11.6 Å². The number of ether oxygens (including phenoxy) is 1. The lowest BCUT2D eigenvalue weighted by molar-refractivity contribution is 0.0498. The highest BCUT2D eigenvalue weighted by Crippen LogP contribution is 2.28. The Bertz CT molecular complexity index is 330. The molecule has 0 aliphatic carbocycles. The topological polar surface area (TPSA) is 66.0 Å². The Labute approximate surface area is 89.6 Å². The van der Waals surface area contributed by atoms with Crippen molar-refractivity contribution >= 4 is 5.95 Å². The Morgan fingerprint density at radius 3 is 2.67 bits per heavy atom. The molecule has 5 nitrogen and oxygen atoms in total. The Hall–Kier alpha value is -1.10. The fraction of sp³-hybridized carbons (Fsp3) is 0.800. The molecular weight excluding hydrogens is 192 g/mol. The summed E-state index contributed by atoms with van der Waals surface area (Å²) in [6.45, 7) is 5.72. The molecule has 1 aromatic rings. The molecule has 0 saturated carbocycles. The minimum atomic E-state index is 0.315. The van der Waals surface area contributed by atoms with Crippen LogP contribution < -0.4 is 5.73 Å². The highest BCUT2D eigenvalue weighted by atomic mass is 16.5. The van der Waals surface area contributed by atoms with Crippen LogP contribution in [-0.4, -0.2) is 28.0 Å². The zero-order valence-electron chi connectivity index (χ0n) is 9.31. The van der Waals surface area contributed by atoms with Crippen LogP contribution in [-0.2, 0) is 4.74 Å². The summed E-state index contributed by atoms with van der Waals surface area (Å²) in [6, 6.07) is 0.315. The lowest BCUT2D eigenvalue weighted by Crippen LogP contribution is -2.25. The van der Waals surface area contributed by atoms with Crippen molar-refractivity contribution in [2.75, 3.05) is 18.9 Å². The van der Waals surface area contributed by atoms with E-state index in [2.05, 4.69) is 17.0 Å². The fourth-order valence-electron chi connectivity index (χ4n) is 2.14. The van der Waals surface area contributed by atoms with Gasteiger partial charge in [-0.25, -0.2) is 4.68 Å². The van der Waals surface area contributed by atoms with E-state index in [0.29, 0.717) is 17.9 Å². The van der Waals surface area contributed by atoms with Gasteiger partial charge in [-0.1, -0.05) is 0 Å². The van der Waals surface area contributed by atoms with Crippen LogP contribution in [0.25, 0.3) is 0 Å². The third kappa shape index (κ3) is 2.12. The monoisotopic (exact) mass is 210 g/mol. The molecule has 0 spiro atoms. The molecule has 1 atom stereocenters. The van der Waals surface area contributed by atoms with E-state index in [0.717, 1.165) is 31.9 Å². The van der Waals surface area contributed by atoms with Gasteiger partial charge in [0.15, 0.2) is 0 Å². The van der Waals surface area contributed by atoms with Gasteiger partial charge in [-0.3, -0.25) is 0 Å². The SMILES string of the molecule is Cc1nc(N)n(C(C)C2CCOCC2)n1. The highest BCUT2D eigenvalue weighted by Gasteiger charge is 2.24. The van der Waals surface area contributed by atoms with Gasteiger partial charge in [0.2, 0.25) is 5.95 Å². The van der Waals surface area contributed by atoms with Crippen molar-refractivity contribution < 1.29 is 4.74 Å². The lowest BCUT2D eigenvalue weighted by atomic mass is 9.93. The van der Waals surface area contributed by atoms with E-state index >= 15 is 0 Å². The summed E-state index contributed by atoms with van der Waals surface area (Å²) >= 11 is 0. The van der Waals surface area contributed by atoms with Gasteiger partial charge in [0, 0.05) is 13.2 Å². The van der Waals surface area contributed by atoms with Crippen molar-refractivity contribution in [3.63, 3.8) is 0 Å². The molecule has 1 aliphatic heterocycles. The van der Waals surface area contributed by atoms with Crippen LogP contribution in [0.15, 0.2) is 0 Å². The third-order valence-corrected chi connectivity index (χ3v) is 3.10. The zero-order chi connectivity index (χ0) is 10.8. The Morgan fingerprint density at radius 1 is 1.47 bits per heavy atom. The standard InChI is InChI=1S/C10H18N4O/c1-7(9-3-5-15-6-4-9)14-10(11)12-8(2)13-14/h7,9H,3-6H2,1-2H3,(H2,11,12,13). The number of nitrogens with two attached hydrogens (primary N) is 1. The van der Waals surface area contributed by atoms with Crippen molar-refractivity contribution in [2.45, 2.75) is 32.7 Å². The number of rotatable bonds is 2. The average molecular weight is 210 g/mol. The molecule has 0 radical (unpaired) electrons. The number of hydrogen-bond donors (Lipinski definition) is 1. The predicted molar refractivity (Wildman–Crippen MR) is 57.4 cm³/mol. The molecule has 1 aromatic heterocycles. The van der Waals surface area contributed by atoms with Crippen molar-refractivity contribution in [3.8, 4) is 0 Å². The maximum atomic E-state index is 5.81. The first-order valence-corrected chi connectivity index (χ1v) is 5.45. The van der Waals surface area contributed by atoms with Crippen LogP contribution >= 0.6 is 0 Å². The van der Waals surface area contributed by atoms with Crippen LogP contribution in [0.5, 0.6) is 0 Å². The minimum absolute atomic E-state index is 0.315. The van der Waals surface area contributed by atoms with Gasteiger partial charge >= 0.3 is 0 Å². The molecule has 1 unspecified atom stereocenters. The summed E-state index contributed by atoms with van der Waals surface area (Å²) in [5.41, 5.74) is 5.81. The quantitative estimate of drug-likeness (QED) is 0.795. The Balaban J connectivity index is 2.12. The molecule has 1 fully saturated rings. The molecule has 0 aromatic carbocycles. The van der Waals surface area contributed by atoms with Crippen molar-refractivity contribution in [1.29, 1.82) is 0 Å². The molecule has 84 valence electrons. The van der Waals surface area contributed by atoms with E-state index in [9.17, 15) is 0 Å². The zero-order valence-corrected chi connectivity index (χ0v) is 9.31. The number of hydrogen-bond acceptors (Lipinski definition) is 4. The second-order valence-corrected chi connectivity index (χ2v) is 4.15. The molecule has 1 saturated heterocycles. The Morgan fingerprint density at radius 2 is 2.13 bits per heavy atom. The van der Waals surface area contributed by atoms with E-state index in [4.69, 9.17) is 10.5 Å². The van der Waals surface area contributed by atoms with Gasteiger partial charge in [0.25, 0.3) is 0 Å². The smallest absolute Gasteiger partial charge is 0.218 e. The summed E-state index contributed by atoms with van der Waals surface area (Å²) in [5.74, 6) is 1.86. The Kier molecular flexibility index (Phi) is 2.90. The number of aromatic nitrogens is 3. The van der Waals surface area contributed by atoms with Gasteiger partial charge < -0.3 is 10.5 Å². The molecule has 0 bridgehead atoms. The number of nitrogen functional groups attached to an aromatic ring is 1. The summed E-state index contributed by atoms with van der Waals surface area (Å²) in [4.78, 5) is 4.13. The number of aryl methyl sites for hydroxylation is 1. The first-order chi connectivity index (χ1) is 7.18. The molecule has 2 N–H and O–H groups in total. The fourth-order valence-corrected chi connectivity index (χ4v) is 2.14.